The van der Waals surface area contributed by atoms with Gasteiger partial charge in [-0.15, -0.1) is 0 Å². The number of carboxylic acid groups (broad SMARTS) is 1. The van der Waals surface area contributed by atoms with Crippen LogP contribution in [0.2, 0.25) is 0 Å². The Morgan fingerprint density at radius 1 is 1.19 bits per heavy atom. The summed E-state index contributed by atoms with van der Waals surface area (Å²) in [6.45, 7) is 0. The summed E-state index contributed by atoms with van der Waals surface area (Å²) in [5, 5.41) is 15.1. The summed E-state index contributed by atoms with van der Waals surface area (Å²) < 4.78 is 0. The van der Waals surface area contributed by atoms with Crippen LogP contribution in [-0.4, -0.2) is 28.2 Å². The maximum absolute atomic E-state index is 11.2. The molecule has 7 heteroatoms. The zero-order valence-corrected chi connectivity index (χ0v) is 10.8. The molecule has 21 heavy (non-hydrogen) atoms. The van der Waals surface area contributed by atoms with Gasteiger partial charge in [0.15, 0.2) is 5.75 Å². The molecule has 0 saturated carbocycles. The van der Waals surface area contributed by atoms with Gasteiger partial charge in [-0.25, -0.2) is 9.78 Å². The lowest BCUT2D eigenvalue weighted by Crippen LogP contribution is -2.17. The first kappa shape index (κ1) is 14.2. The van der Waals surface area contributed by atoms with E-state index in [0.29, 0.717) is 12.2 Å². The number of nitrogens with one attached hydrogen (secondary N) is 1. The van der Waals surface area contributed by atoms with Crippen molar-refractivity contribution in [3.05, 3.63) is 54.2 Å². The van der Waals surface area contributed by atoms with Gasteiger partial charge in [-0.1, -0.05) is 29.4 Å². The van der Waals surface area contributed by atoms with Crippen molar-refractivity contribution in [3.8, 4) is 5.75 Å². The predicted octanol–water partition coefficient (Wildman–Crippen LogP) is 1.52. The Balaban J connectivity index is 2.28. The number of para-hydroxylation sites is 1. The number of oxime groups is 1. The summed E-state index contributed by atoms with van der Waals surface area (Å²) in [6, 6.07) is 13.1. The monoisotopic (exact) mass is 285 g/mol. The van der Waals surface area contributed by atoms with Crippen molar-refractivity contribution >= 4 is 23.9 Å². The van der Waals surface area contributed by atoms with Crippen molar-refractivity contribution in [2.24, 2.45) is 5.16 Å². The number of aromatic nitrogens is 1. The Kier molecular flexibility index (Phi) is 4.60. The van der Waals surface area contributed by atoms with Gasteiger partial charge in [0.25, 0.3) is 0 Å². The Hall–Kier alpha value is -3.22. The van der Waals surface area contributed by atoms with E-state index in [2.05, 4.69) is 15.5 Å². The topological polar surface area (TPSA) is 101 Å². The molecule has 0 bridgehead atoms. The molecule has 1 heterocycles. The number of pyridine rings is 1. The van der Waals surface area contributed by atoms with Crippen molar-refractivity contribution in [3.63, 3.8) is 0 Å². The lowest BCUT2D eigenvalue weighted by molar-refractivity contribution is -0.129. The van der Waals surface area contributed by atoms with E-state index < -0.39 is 5.97 Å². The molecule has 0 fully saturated rings. The molecular weight excluding hydrogens is 274 g/mol. The van der Waals surface area contributed by atoms with Gasteiger partial charge in [0, 0.05) is 0 Å². The van der Waals surface area contributed by atoms with Crippen LogP contribution in [0, 0.1) is 0 Å². The molecule has 2 N–H and O–H groups in total. The zero-order chi connectivity index (χ0) is 15.1. The lowest BCUT2D eigenvalue weighted by Gasteiger charge is -2.04. The molecule has 0 unspecified atom stereocenters. The number of anilines is 1. The third-order valence-corrected chi connectivity index (χ3v) is 2.39. The highest BCUT2D eigenvalue weighted by atomic mass is 16.6. The van der Waals surface area contributed by atoms with Gasteiger partial charge in [-0.3, -0.25) is 4.79 Å². The molecule has 1 aromatic carbocycles. The van der Waals surface area contributed by atoms with Gasteiger partial charge in [-0.2, -0.15) is 0 Å². The van der Waals surface area contributed by atoms with Crippen molar-refractivity contribution < 1.29 is 19.5 Å². The predicted molar refractivity (Wildman–Crippen MR) is 75.2 cm³/mol. The van der Waals surface area contributed by atoms with Crippen molar-refractivity contribution in [1.82, 2.24) is 4.98 Å². The largest absolute Gasteiger partial charge is 0.476 e. The average Bonchev–Trinajstić information content (AvgIpc) is 2.49. The number of carboxylic acids is 1. The molecule has 1 aromatic heterocycles. The molecule has 2 aromatic rings. The van der Waals surface area contributed by atoms with Gasteiger partial charge in [-0.05, 0) is 24.3 Å². The highest BCUT2D eigenvalue weighted by molar-refractivity contribution is 6.41. The SMILES string of the molecule is O=CNc1cccc(C(=NOc2ccccc2)C(=O)O)n1. The standard InChI is InChI=1S/C14H11N3O4/c18-9-15-12-8-4-7-11(16-12)13(14(19)20)17-21-10-5-2-1-3-6-10/h1-9H,(H,19,20)(H,15,16,18). The quantitative estimate of drug-likeness (QED) is 0.476. The Bertz CT molecular complexity index is 671. The minimum absolute atomic E-state index is 0.0743. The van der Waals surface area contributed by atoms with E-state index >= 15 is 0 Å². The molecule has 0 aliphatic carbocycles. The normalized spacial score (nSPS) is 10.8. The number of benzene rings is 1. The van der Waals surface area contributed by atoms with Crippen LogP contribution >= 0.6 is 0 Å². The van der Waals surface area contributed by atoms with Crippen LogP contribution in [0.25, 0.3) is 0 Å². The van der Waals surface area contributed by atoms with E-state index in [9.17, 15) is 14.7 Å². The number of aliphatic carboxylic acids is 1. The minimum atomic E-state index is -1.29. The number of carbonyl (C=O) groups excluding carboxylic acids is 1. The molecule has 0 spiro atoms. The summed E-state index contributed by atoms with van der Waals surface area (Å²) in [7, 11) is 0. The van der Waals surface area contributed by atoms with Crippen LogP contribution < -0.4 is 10.2 Å². The maximum Gasteiger partial charge on any atom is 0.360 e. The molecule has 0 atom stereocenters. The smallest absolute Gasteiger partial charge is 0.360 e. The molecule has 0 saturated heterocycles. The number of hydrogen-bond acceptors (Lipinski definition) is 5. The van der Waals surface area contributed by atoms with Gasteiger partial charge < -0.3 is 15.3 Å². The van der Waals surface area contributed by atoms with Crippen LogP contribution in [0.5, 0.6) is 5.75 Å². The molecule has 0 aliphatic heterocycles. The number of amides is 1. The summed E-state index contributed by atoms with van der Waals surface area (Å²) in [5.41, 5.74) is -0.293. The van der Waals surface area contributed by atoms with Crippen LogP contribution in [0.3, 0.4) is 0 Å². The molecule has 1 amide bonds. The first-order valence-corrected chi connectivity index (χ1v) is 5.91. The van der Waals surface area contributed by atoms with Gasteiger partial charge in [0.1, 0.15) is 11.5 Å². The summed E-state index contributed by atoms with van der Waals surface area (Å²) in [5.74, 6) is -0.670. The van der Waals surface area contributed by atoms with Crippen molar-refractivity contribution in [2.45, 2.75) is 0 Å². The molecule has 0 radical (unpaired) electrons. The van der Waals surface area contributed by atoms with Crippen molar-refractivity contribution in [1.29, 1.82) is 0 Å². The summed E-state index contributed by atoms with van der Waals surface area (Å²) in [6.07, 6.45) is 0.449. The van der Waals surface area contributed by atoms with E-state index in [4.69, 9.17) is 4.84 Å². The third-order valence-electron chi connectivity index (χ3n) is 2.39. The zero-order valence-electron chi connectivity index (χ0n) is 10.8. The van der Waals surface area contributed by atoms with E-state index in [0.717, 1.165) is 0 Å². The Morgan fingerprint density at radius 2 is 1.95 bits per heavy atom. The average molecular weight is 285 g/mol. The first-order chi connectivity index (χ1) is 10.2. The molecule has 106 valence electrons. The number of carbonyl (C=O) groups is 2. The fourth-order valence-electron chi connectivity index (χ4n) is 1.48. The second-order valence-corrected chi connectivity index (χ2v) is 3.82. The van der Waals surface area contributed by atoms with Crippen LogP contribution in [0.1, 0.15) is 5.69 Å². The van der Waals surface area contributed by atoms with E-state index in [-0.39, 0.29) is 17.2 Å². The highest BCUT2D eigenvalue weighted by Gasteiger charge is 2.16. The number of nitrogens with zero attached hydrogens (tertiary/aromatic N) is 2. The summed E-state index contributed by atoms with van der Waals surface area (Å²) in [4.78, 5) is 30.7. The second-order valence-electron chi connectivity index (χ2n) is 3.82. The Morgan fingerprint density at radius 3 is 2.62 bits per heavy atom. The third kappa shape index (κ3) is 3.87. The first-order valence-electron chi connectivity index (χ1n) is 5.91. The van der Waals surface area contributed by atoms with Crippen molar-refractivity contribution in [2.75, 3.05) is 5.32 Å². The fraction of sp³-hybridized carbons (Fsp3) is 0. The van der Waals surface area contributed by atoms with Gasteiger partial charge in [0.05, 0.1) is 0 Å². The second kappa shape index (κ2) is 6.80. The van der Waals surface area contributed by atoms with Crippen LogP contribution in [0.15, 0.2) is 53.7 Å². The van der Waals surface area contributed by atoms with E-state index in [1.54, 1.807) is 36.4 Å². The fourth-order valence-corrected chi connectivity index (χ4v) is 1.48. The summed E-state index contributed by atoms with van der Waals surface area (Å²) >= 11 is 0. The number of rotatable bonds is 6. The Labute approximate surface area is 119 Å². The molecular formula is C14H11N3O4. The molecule has 2 rings (SSSR count). The van der Waals surface area contributed by atoms with Crippen LogP contribution in [0.4, 0.5) is 5.82 Å². The van der Waals surface area contributed by atoms with Gasteiger partial charge in [0.2, 0.25) is 12.1 Å². The molecule has 7 nitrogen and oxygen atoms in total. The minimum Gasteiger partial charge on any atom is -0.476 e. The lowest BCUT2D eigenvalue weighted by atomic mass is 10.2. The number of hydrogen-bond donors (Lipinski definition) is 2. The molecule has 0 aliphatic rings. The van der Waals surface area contributed by atoms with E-state index in [1.165, 1.54) is 12.1 Å². The van der Waals surface area contributed by atoms with Gasteiger partial charge >= 0.3 is 5.97 Å². The highest BCUT2D eigenvalue weighted by Crippen LogP contribution is 2.10. The van der Waals surface area contributed by atoms with Crippen LogP contribution in [-0.2, 0) is 9.59 Å². The van der Waals surface area contributed by atoms with E-state index in [1.807, 2.05) is 0 Å². The maximum atomic E-state index is 11.2.